The Morgan fingerprint density at radius 1 is 1.06 bits per heavy atom. The van der Waals surface area contributed by atoms with E-state index in [9.17, 15) is 17.6 Å². The van der Waals surface area contributed by atoms with Gasteiger partial charge in [-0.1, -0.05) is 26.0 Å². The van der Waals surface area contributed by atoms with Crippen LogP contribution in [0.15, 0.2) is 53.4 Å². The van der Waals surface area contributed by atoms with Crippen molar-refractivity contribution in [1.82, 2.24) is 14.5 Å². The Morgan fingerprint density at radius 3 is 2.32 bits per heavy atom. The number of carbonyl (C=O) groups excluding carboxylic acids is 1. The zero-order valence-electron chi connectivity index (χ0n) is 19.2. The van der Waals surface area contributed by atoms with Gasteiger partial charge in [-0.25, -0.2) is 12.8 Å². The third-order valence-corrected chi connectivity index (χ3v) is 8.37. The number of aromatic amines is 1. The molecule has 1 fully saturated rings. The van der Waals surface area contributed by atoms with Gasteiger partial charge in [-0.05, 0) is 67.1 Å². The number of nitrogens with one attached hydrogen (secondary N) is 1. The zero-order chi connectivity index (χ0) is 24.0. The molecule has 0 aliphatic carbocycles. The second kappa shape index (κ2) is 8.63. The number of anilines is 1. The van der Waals surface area contributed by atoms with E-state index < -0.39 is 16.1 Å². The van der Waals surface area contributed by atoms with Crippen molar-refractivity contribution in [3.63, 3.8) is 0 Å². The van der Waals surface area contributed by atoms with Crippen LogP contribution in [-0.4, -0.2) is 41.9 Å². The van der Waals surface area contributed by atoms with Gasteiger partial charge < -0.3 is 0 Å². The van der Waals surface area contributed by atoms with Crippen molar-refractivity contribution in [2.75, 3.05) is 18.0 Å². The number of rotatable bonds is 6. The largest absolute Gasteiger partial charge is 0.295 e. The van der Waals surface area contributed by atoms with Gasteiger partial charge in [-0.3, -0.25) is 14.8 Å². The van der Waals surface area contributed by atoms with Crippen LogP contribution in [0.1, 0.15) is 60.0 Å². The van der Waals surface area contributed by atoms with E-state index in [1.807, 2.05) is 0 Å². The minimum Gasteiger partial charge on any atom is -0.295 e. The number of nitrogens with zero attached hydrogens (tertiary/aromatic N) is 3. The highest BCUT2D eigenvalue weighted by Crippen LogP contribution is 2.43. The second-order valence-electron chi connectivity index (χ2n) is 9.29. The highest BCUT2D eigenvalue weighted by molar-refractivity contribution is 7.89. The summed E-state index contributed by atoms with van der Waals surface area (Å²) in [6, 6.07) is 12.1. The lowest BCUT2D eigenvalue weighted by molar-refractivity contribution is 0.0988. The Labute approximate surface area is 198 Å². The number of H-pyrrole nitrogens is 1. The lowest BCUT2D eigenvalue weighted by atomic mass is 9.95. The van der Waals surface area contributed by atoms with Crippen LogP contribution in [0.4, 0.5) is 10.1 Å². The van der Waals surface area contributed by atoms with E-state index in [1.165, 1.54) is 16.4 Å². The molecule has 34 heavy (non-hydrogen) atoms. The number of amides is 1. The molecule has 5 rings (SSSR count). The minimum atomic E-state index is -3.55. The van der Waals surface area contributed by atoms with E-state index in [0.29, 0.717) is 36.8 Å². The molecule has 1 amide bonds. The summed E-state index contributed by atoms with van der Waals surface area (Å²) in [5.74, 6) is -0.270. The van der Waals surface area contributed by atoms with E-state index >= 15 is 0 Å². The molecule has 2 aliphatic rings. The topological polar surface area (TPSA) is 86.4 Å². The van der Waals surface area contributed by atoms with E-state index in [4.69, 9.17) is 0 Å². The van der Waals surface area contributed by atoms with Crippen molar-refractivity contribution >= 4 is 21.6 Å². The molecule has 1 saturated heterocycles. The maximum atomic E-state index is 13.7. The molecule has 0 spiro atoms. The Morgan fingerprint density at radius 2 is 1.71 bits per heavy atom. The number of benzene rings is 2. The van der Waals surface area contributed by atoms with Crippen LogP contribution in [0.5, 0.6) is 0 Å². The SMILES string of the molecule is CC(C)Cc1n[nH]c2c1C(c1ccc(F)cc1)N(c1ccc(S(=O)(=O)N3CCCC3)cc1)C2=O. The molecule has 1 N–H and O–H groups in total. The number of halogens is 1. The van der Waals surface area contributed by atoms with Crippen LogP contribution in [-0.2, 0) is 16.4 Å². The van der Waals surface area contributed by atoms with Crippen LogP contribution in [0.2, 0.25) is 0 Å². The molecular formula is C25H27FN4O3S. The first-order valence-corrected chi connectivity index (χ1v) is 13.0. The fraction of sp³-hybridized carbons (Fsp3) is 0.360. The molecule has 3 aromatic rings. The average Bonchev–Trinajstić information content (AvgIpc) is 3.54. The first-order chi connectivity index (χ1) is 16.3. The molecule has 1 unspecified atom stereocenters. The molecule has 9 heteroatoms. The fourth-order valence-corrected chi connectivity index (χ4v) is 6.36. The number of carbonyl (C=O) groups is 1. The van der Waals surface area contributed by atoms with Gasteiger partial charge in [0.2, 0.25) is 10.0 Å². The zero-order valence-corrected chi connectivity index (χ0v) is 20.0. The Kier molecular flexibility index (Phi) is 5.77. The van der Waals surface area contributed by atoms with Gasteiger partial charge in [0.25, 0.3) is 5.91 Å². The van der Waals surface area contributed by atoms with Crippen molar-refractivity contribution in [3.05, 3.63) is 76.9 Å². The van der Waals surface area contributed by atoms with Gasteiger partial charge in [0.1, 0.15) is 11.5 Å². The Hall–Kier alpha value is -3.04. The third kappa shape index (κ3) is 3.82. The Balaban J connectivity index is 1.56. The molecule has 2 aromatic carbocycles. The summed E-state index contributed by atoms with van der Waals surface area (Å²) in [7, 11) is -3.55. The lowest BCUT2D eigenvalue weighted by Gasteiger charge is -2.27. The van der Waals surface area contributed by atoms with Gasteiger partial charge in [-0.15, -0.1) is 0 Å². The minimum absolute atomic E-state index is 0.212. The Bertz CT molecular complexity index is 1310. The molecular weight excluding hydrogens is 455 g/mol. The molecule has 0 bridgehead atoms. The molecule has 178 valence electrons. The predicted molar refractivity (Wildman–Crippen MR) is 127 cm³/mol. The monoisotopic (exact) mass is 482 g/mol. The summed E-state index contributed by atoms with van der Waals surface area (Å²) in [4.78, 5) is 15.3. The van der Waals surface area contributed by atoms with Gasteiger partial charge in [0.05, 0.1) is 16.6 Å². The van der Waals surface area contributed by atoms with Crippen LogP contribution >= 0.6 is 0 Å². The summed E-state index contributed by atoms with van der Waals surface area (Å²) >= 11 is 0. The van der Waals surface area contributed by atoms with Gasteiger partial charge >= 0.3 is 0 Å². The van der Waals surface area contributed by atoms with Crippen molar-refractivity contribution in [3.8, 4) is 0 Å². The van der Waals surface area contributed by atoms with Gasteiger partial charge in [0, 0.05) is 24.3 Å². The molecule has 2 aliphatic heterocycles. The highest BCUT2D eigenvalue weighted by Gasteiger charge is 2.43. The van der Waals surface area contributed by atoms with Crippen LogP contribution < -0.4 is 4.90 Å². The number of hydrogen-bond donors (Lipinski definition) is 1. The molecule has 1 atom stereocenters. The molecule has 0 radical (unpaired) electrons. The van der Waals surface area contributed by atoms with Crippen molar-refractivity contribution < 1.29 is 17.6 Å². The highest BCUT2D eigenvalue weighted by atomic mass is 32.2. The normalized spacial score (nSPS) is 18.8. The lowest BCUT2D eigenvalue weighted by Crippen LogP contribution is -2.30. The van der Waals surface area contributed by atoms with Crippen LogP contribution in [0, 0.1) is 11.7 Å². The predicted octanol–water partition coefficient (Wildman–Crippen LogP) is 4.28. The van der Waals surface area contributed by atoms with E-state index in [-0.39, 0.29) is 16.6 Å². The van der Waals surface area contributed by atoms with Gasteiger partial charge in [-0.2, -0.15) is 9.40 Å². The maximum Gasteiger partial charge on any atom is 0.277 e. The van der Waals surface area contributed by atoms with Crippen molar-refractivity contribution in [1.29, 1.82) is 0 Å². The standard InChI is InChI=1S/C25H27FN4O3S/c1-16(2)15-21-22-23(28-27-21)25(31)30(24(22)17-5-7-18(26)8-6-17)19-9-11-20(12-10-19)34(32,33)29-13-3-4-14-29/h5-12,16,24H,3-4,13-15H2,1-2H3,(H,27,28). The summed E-state index contributed by atoms with van der Waals surface area (Å²) in [5.41, 5.74) is 3.34. The molecule has 7 nitrogen and oxygen atoms in total. The quantitative estimate of drug-likeness (QED) is 0.568. The fourth-order valence-electron chi connectivity index (χ4n) is 4.84. The third-order valence-electron chi connectivity index (χ3n) is 6.45. The van der Waals surface area contributed by atoms with E-state index in [1.54, 1.807) is 41.3 Å². The second-order valence-corrected chi connectivity index (χ2v) is 11.2. The molecule has 0 saturated carbocycles. The average molecular weight is 483 g/mol. The first kappa shape index (κ1) is 22.7. The number of sulfonamides is 1. The van der Waals surface area contributed by atoms with Gasteiger partial charge in [0.15, 0.2) is 0 Å². The molecule has 1 aromatic heterocycles. The van der Waals surface area contributed by atoms with Crippen LogP contribution in [0.3, 0.4) is 0 Å². The van der Waals surface area contributed by atoms with E-state index in [2.05, 4.69) is 24.0 Å². The summed E-state index contributed by atoms with van der Waals surface area (Å²) in [6.45, 7) is 5.23. The number of aromatic nitrogens is 2. The van der Waals surface area contributed by atoms with Crippen molar-refractivity contribution in [2.45, 2.75) is 44.0 Å². The maximum absolute atomic E-state index is 13.7. The number of hydrogen-bond acceptors (Lipinski definition) is 4. The van der Waals surface area contributed by atoms with Crippen molar-refractivity contribution in [2.24, 2.45) is 5.92 Å². The summed E-state index contributed by atoms with van der Waals surface area (Å²) in [6.07, 6.45) is 2.42. The van der Waals surface area contributed by atoms with E-state index in [0.717, 1.165) is 29.7 Å². The summed E-state index contributed by atoms with van der Waals surface area (Å²) in [5, 5.41) is 7.32. The number of fused-ring (bicyclic) bond motifs is 1. The smallest absolute Gasteiger partial charge is 0.277 e. The summed E-state index contributed by atoms with van der Waals surface area (Å²) < 4.78 is 41.0. The van der Waals surface area contributed by atoms with Crippen LogP contribution in [0.25, 0.3) is 0 Å². The first-order valence-electron chi connectivity index (χ1n) is 11.5. The molecule has 3 heterocycles.